The van der Waals surface area contributed by atoms with E-state index in [1.165, 1.54) is 23.9 Å². The molecule has 1 aliphatic heterocycles. The van der Waals surface area contributed by atoms with Gasteiger partial charge in [-0.25, -0.2) is 4.98 Å². The van der Waals surface area contributed by atoms with E-state index in [1.807, 2.05) is 7.05 Å². The normalized spacial score (nSPS) is 14.6. The van der Waals surface area contributed by atoms with E-state index in [4.69, 9.17) is 0 Å². The number of hydrogen-bond donors (Lipinski definition) is 1. The van der Waals surface area contributed by atoms with Crippen molar-refractivity contribution in [3.05, 3.63) is 23.8 Å². The van der Waals surface area contributed by atoms with Crippen molar-refractivity contribution in [2.45, 2.75) is 19.4 Å². The van der Waals surface area contributed by atoms with Crippen LogP contribution in [0.15, 0.2) is 18.2 Å². The third kappa shape index (κ3) is 0.895. The van der Waals surface area contributed by atoms with Crippen LogP contribution >= 0.6 is 0 Å². The first kappa shape index (κ1) is 7.85. The molecule has 0 bridgehead atoms. The maximum absolute atomic E-state index is 4.55. The van der Waals surface area contributed by atoms with Gasteiger partial charge in [0.2, 0.25) is 5.95 Å². The van der Waals surface area contributed by atoms with E-state index >= 15 is 0 Å². The molecule has 0 fully saturated rings. The highest BCUT2D eigenvalue weighted by Gasteiger charge is 2.16. The van der Waals surface area contributed by atoms with Crippen molar-refractivity contribution in [3.63, 3.8) is 0 Å². The summed E-state index contributed by atoms with van der Waals surface area (Å²) in [5.74, 6) is 0.993. The fraction of sp³-hybridized carbons (Fsp3) is 0.364. The molecule has 0 radical (unpaired) electrons. The molecule has 0 unspecified atom stereocenters. The van der Waals surface area contributed by atoms with Gasteiger partial charge in [0.05, 0.1) is 11.0 Å². The predicted octanol–water partition coefficient (Wildman–Crippen LogP) is 2.02. The van der Waals surface area contributed by atoms with Gasteiger partial charge < -0.3 is 9.88 Å². The number of para-hydroxylation sites is 1. The lowest BCUT2D eigenvalue weighted by atomic mass is 10.1. The average molecular weight is 187 g/mol. The zero-order valence-electron chi connectivity index (χ0n) is 8.25. The Bertz CT molecular complexity index is 484. The van der Waals surface area contributed by atoms with Crippen LogP contribution in [-0.2, 0) is 13.0 Å². The van der Waals surface area contributed by atoms with E-state index < -0.39 is 0 Å². The quantitative estimate of drug-likeness (QED) is 0.740. The molecule has 3 nitrogen and oxygen atoms in total. The highest BCUT2D eigenvalue weighted by molar-refractivity contribution is 5.82. The van der Waals surface area contributed by atoms with Crippen molar-refractivity contribution in [2.24, 2.45) is 0 Å². The van der Waals surface area contributed by atoms with Crippen LogP contribution in [0.2, 0.25) is 0 Å². The average Bonchev–Trinajstić information content (AvgIpc) is 2.60. The van der Waals surface area contributed by atoms with Gasteiger partial charge in [-0.2, -0.15) is 0 Å². The van der Waals surface area contributed by atoms with Gasteiger partial charge in [-0.15, -0.1) is 0 Å². The monoisotopic (exact) mass is 187 g/mol. The third-order valence-electron chi connectivity index (χ3n) is 2.90. The minimum atomic E-state index is 0.993. The summed E-state index contributed by atoms with van der Waals surface area (Å²) in [7, 11) is 1.93. The summed E-state index contributed by atoms with van der Waals surface area (Å²) in [6, 6.07) is 6.39. The summed E-state index contributed by atoms with van der Waals surface area (Å²) >= 11 is 0. The molecule has 2 aromatic rings. The first-order valence-electron chi connectivity index (χ1n) is 5.06. The van der Waals surface area contributed by atoms with Crippen molar-refractivity contribution in [2.75, 3.05) is 12.4 Å². The molecule has 0 spiro atoms. The molecule has 0 atom stereocenters. The molecule has 2 heterocycles. The Kier molecular flexibility index (Phi) is 1.54. The Morgan fingerprint density at radius 2 is 2.36 bits per heavy atom. The lowest BCUT2D eigenvalue weighted by molar-refractivity contribution is 0.637. The Labute approximate surface area is 82.8 Å². The summed E-state index contributed by atoms with van der Waals surface area (Å²) < 4.78 is 2.29. The number of nitrogens with zero attached hydrogens (tertiary/aromatic N) is 2. The van der Waals surface area contributed by atoms with E-state index in [2.05, 4.69) is 33.1 Å². The molecular weight excluding hydrogens is 174 g/mol. The molecular formula is C11H13N3. The fourth-order valence-electron chi connectivity index (χ4n) is 2.30. The van der Waals surface area contributed by atoms with Crippen molar-refractivity contribution in [1.29, 1.82) is 0 Å². The lowest BCUT2D eigenvalue weighted by Gasteiger charge is -2.15. The van der Waals surface area contributed by atoms with Crippen molar-refractivity contribution < 1.29 is 0 Å². The highest BCUT2D eigenvalue weighted by Crippen LogP contribution is 2.27. The predicted molar refractivity (Wildman–Crippen MR) is 57.6 cm³/mol. The van der Waals surface area contributed by atoms with Crippen molar-refractivity contribution >= 4 is 17.0 Å². The minimum Gasteiger partial charge on any atom is -0.359 e. The van der Waals surface area contributed by atoms with Gasteiger partial charge in [0.25, 0.3) is 0 Å². The molecule has 1 N–H and O–H groups in total. The smallest absolute Gasteiger partial charge is 0.203 e. The lowest BCUT2D eigenvalue weighted by Crippen LogP contribution is -2.09. The summed E-state index contributed by atoms with van der Waals surface area (Å²) in [4.78, 5) is 4.55. The Morgan fingerprint density at radius 1 is 1.43 bits per heavy atom. The van der Waals surface area contributed by atoms with Crippen LogP contribution in [0.1, 0.15) is 12.0 Å². The van der Waals surface area contributed by atoms with E-state index in [0.29, 0.717) is 0 Å². The molecule has 14 heavy (non-hydrogen) atoms. The van der Waals surface area contributed by atoms with Gasteiger partial charge in [-0.05, 0) is 24.5 Å². The van der Waals surface area contributed by atoms with Crippen molar-refractivity contribution in [1.82, 2.24) is 9.55 Å². The van der Waals surface area contributed by atoms with Crippen LogP contribution < -0.4 is 5.32 Å². The molecule has 0 aliphatic carbocycles. The maximum atomic E-state index is 4.55. The zero-order valence-corrected chi connectivity index (χ0v) is 8.25. The Hall–Kier alpha value is -1.51. The standard InChI is InChI=1S/C11H13N3/c1-12-11-13-9-6-2-4-8-5-3-7-14(11)10(8)9/h2,4,6H,3,5,7H2,1H3,(H,12,13). The van der Waals surface area contributed by atoms with Crippen molar-refractivity contribution in [3.8, 4) is 0 Å². The maximum Gasteiger partial charge on any atom is 0.203 e. The van der Waals surface area contributed by atoms with Crippen LogP contribution in [0.25, 0.3) is 11.0 Å². The largest absolute Gasteiger partial charge is 0.359 e. The Morgan fingerprint density at radius 3 is 3.21 bits per heavy atom. The number of benzene rings is 1. The van der Waals surface area contributed by atoms with Crippen LogP contribution in [0, 0.1) is 0 Å². The topological polar surface area (TPSA) is 29.9 Å². The van der Waals surface area contributed by atoms with E-state index in [9.17, 15) is 0 Å². The van der Waals surface area contributed by atoms with Gasteiger partial charge in [0, 0.05) is 13.6 Å². The fourth-order valence-corrected chi connectivity index (χ4v) is 2.30. The molecule has 72 valence electrons. The summed E-state index contributed by atoms with van der Waals surface area (Å²) in [5, 5.41) is 3.15. The second kappa shape index (κ2) is 2.74. The molecule has 0 saturated heterocycles. The van der Waals surface area contributed by atoms with Crippen LogP contribution in [-0.4, -0.2) is 16.6 Å². The first-order chi connectivity index (χ1) is 6.90. The third-order valence-corrected chi connectivity index (χ3v) is 2.90. The number of imidazole rings is 1. The molecule has 3 rings (SSSR count). The van der Waals surface area contributed by atoms with Crippen LogP contribution in [0.3, 0.4) is 0 Å². The van der Waals surface area contributed by atoms with Gasteiger partial charge in [0.1, 0.15) is 0 Å². The summed E-state index contributed by atoms with van der Waals surface area (Å²) in [6.45, 7) is 1.09. The molecule has 1 aromatic carbocycles. The first-order valence-corrected chi connectivity index (χ1v) is 5.06. The van der Waals surface area contributed by atoms with Gasteiger partial charge in [-0.1, -0.05) is 12.1 Å². The van der Waals surface area contributed by atoms with E-state index in [0.717, 1.165) is 18.0 Å². The molecule has 3 heteroatoms. The molecule has 0 saturated carbocycles. The number of rotatable bonds is 1. The second-order valence-corrected chi connectivity index (χ2v) is 3.73. The summed E-state index contributed by atoms with van der Waals surface area (Å²) in [6.07, 6.45) is 2.41. The number of anilines is 1. The summed E-state index contributed by atoms with van der Waals surface area (Å²) in [5.41, 5.74) is 3.87. The van der Waals surface area contributed by atoms with E-state index in [-0.39, 0.29) is 0 Å². The van der Waals surface area contributed by atoms with Crippen LogP contribution in [0.4, 0.5) is 5.95 Å². The van der Waals surface area contributed by atoms with Gasteiger partial charge in [-0.3, -0.25) is 0 Å². The Balaban J connectivity index is 2.42. The van der Waals surface area contributed by atoms with E-state index in [1.54, 1.807) is 0 Å². The number of hydrogen-bond acceptors (Lipinski definition) is 2. The SMILES string of the molecule is CNc1nc2cccc3c2n1CCC3. The zero-order chi connectivity index (χ0) is 9.54. The number of aromatic nitrogens is 2. The van der Waals surface area contributed by atoms with Crippen LogP contribution in [0.5, 0.6) is 0 Å². The molecule has 0 amide bonds. The highest BCUT2D eigenvalue weighted by atomic mass is 15.2. The molecule has 1 aromatic heterocycles. The number of aryl methyl sites for hydroxylation is 2. The minimum absolute atomic E-state index is 0.993. The molecule has 1 aliphatic rings. The van der Waals surface area contributed by atoms with Gasteiger partial charge >= 0.3 is 0 Å². The number of nitrogens with one attached hydrogen (secondary N) is 1. The second-order valence-electron chi connectivity index (χ2n) is 3.73. The van der Waals surface area contributed by atoms with Gasteiger partial charge in [0.15, 0.2) is 0 Å².